The number of ether oxygens (including phenoxy) is 2. The molecule has 0 spiro atoms. The Balaban J connectivity index is 1.93. The van der Waals surface area contributed by atoms with Gasteiger partial charge in [-0.25, -0.2) is 0 Å². The zero-order chi connectivity index (χ0) is 13.9. The molecule has 0 N–H and O–H groups in total. The van der Waals surface area contributed by atoms with E-state index in [0.29, 0.717) is 19.1 Å². The first kappa shape index (κ1) is 13.4. The number of para-hydroxylation sites is 1. The van der Waals surface area contributed by atoms with Crippen molar-refractivity contribution in [2.45, 2.75) is 17.7 Å². The molecule has 1 aromatic carbocycles. The van der Waals surface area contributed by atoms with Crippen LogP contribution in [0.2, 0.25) is 0 Å². The Hall–Kier alpha value is -1.55. The molecule has 2 unspecified atom stereocenters. The molecule has 2 atom stereocenters. The van der Waals surface area contributed by atoms with Crippen molar-refractivity contribution in [3.8, 4) is 11.5 Å². The average molecular weight is 334 g/mol. The molecule has 104 valence electrons. The molecule has 1 aliphatic heterocycles. The Labute approximate surface area is 127 Å². The summed E-state index contributed by atoms with van der Waals surface area (Å²) >= 11 is 3.81. The Morgan fingerprint density at radius 2 is 1.85 bits per heavy atom. The predicted molar refractivity (Wildman–Crippen MR) is 81.8 cm³/mol. The molecular formula is C16H16BrNO2. The van der Waals surface area contributed by atoms with Crippen LogP contribution >= 0.6 is 15.9 Å². The van der Waals surface area contributed by atoms with Gasteiger partial charge in [0.05, 0.1) is 0 Å². The van der Waals surface area contributed by atoms with Crippen LogP contribution in [0.15, 0.2) is 42.7 Å². The molecule has 0 saturated heterocycles. The molecular weight excluding hydrogens is 318 g/mol. The second kappa shape index (κ2) is 5.83. The number of nitrogens with zero attached hydrogens (tertiary/aromatic N) is 1. The summed E-state index contributed by atoms with van der Waals surface area (Å²) in [5, 5.41) is 0. The first-order chi connectivity index (χ1) is 9.77. The molecule has 1 aromatic heterocycles. The number of pyridine rings is 1. The molecule has 1 aliphatic rings. The van der Waals surface area contributed by atoms with Crippen molar-refractivity contribution in [1.82, 2.24) is 4.98 Å². The molecule has 2 aromatic rings. The molecule has 0 bridgehead atoms. The Bertz CT molecular complexity index is 588. The highest BCUT2D eigenvalue weighted by Gasteiger charge is 2.25. The molecule has 2 heterocycles. The minimum atomic E-state index is 0.168. The summed E-state index contributed by atoms with van der Waals surface area (Å²) in [6.07, 6.45) is 3.65. The number of hydrogen-bond acceptors (Lipinski definition) is 3. The van der Waals surface area contributed by atoms with Gasteiger partial charge in [0.15, 0.2) is 11.5 Å². The van der Waals surface area contributed by atoms with Crippen molar-refractivity contribution in [2.24, 2.45) is 0 Å². The number of halogens is 1. The van der Waals surface area contributed by atoms with Gasteiger partial charge in [0, 0.05) is 22.8 Å². The van der Waals surface area contributed by atoms with E-state index in [9.17, 15) is 0 Å². The fraction of sp³-hybridized carbons (Fsp3) is 0.312. The number of aromatic nitrogens is 1. The van der Waals surface area contributed by atoms with Gasteiger partial charge >= 0.3 is 0 Å². The molecule has 0 fully saturated rings. The van der Waals surface area contributed by atoms with Gasteiger partial charge in [-0.3, -0.25) is 4.98 Å². The van der Waals surface area contributed by atoms with Crippen LogP contribution in [0.25, 0.3) is 0 Å². The van der Waals surface area contributed by atoms with E-state index in [1.807, 2.05) is 36.7 Å². The predicted octanol–water partition coefficient (Wildman–Crippen LogP) is 4.09. The van der Waals surface area contributed by atoms with Crippen molar-refractivity contribution in [3.63, 3.8) is 0 Å². The van der Waals surface area contributed by atoms with Gasteiger partial charge in [-0.05, 0) is 29.7 Å². The highest BCUT2D eigenvalue weighted by molar-refractivity contribution is 9.09. The molecule has 20 heavy (non-hydrogen) atoms. The van der Waals surface area contributed by atoms with Crippen LogP contribution in [-0.2, 0) is 0 Å². The van der Waals surface area contributed by atoms with Crippen LogP contribution in [0.4, 0.5) is 0 Å². The third kappa shape index (κ3) is 2.52. The fourth-order valence-corrected chi connectivity index (χ4v) is 3.08. The summed E-state index contributed by atoms with van der Waals surface area (Å²) in [4.78, 5) is 4.24. The standard InChI is InChI=1S/C16H16BrNO2/c1-11(12-5-7-18-8-6-12)15(17)13-3-2-4-14-16(13)20-10-9-19-14/h2-8,11,15H,9-10H2,1H3. The second-order valence-corrected chi connectivity index (χ2v) is 5.83. The molecule has 0 aliphatic carbocycles. The van der Waals surface area contributed by atoms with Crippen molar-refractivity contribution in [3.05, 3.63) is 53.9 Å². The Kier molecular flexibility index (Phi) is 3.92. The van der Waals surface area contributed by atoms with Crippen LogP contribution in [-0.4, -0.2) is 18.2 Å². The van der Waals surface area contributed by atoms with Crippen LogP contribution in [0, 0.1) is 0 Å². The van der Waals surface area contributed by atoms with Crippen LogP contribution in [0.3, 0.4) is 0 Å². The minimum Gasteiger partial charge on any atom is -0.486 e. The zero-order valence-electron chi connectivity index (χ0n) is 11.3. The third-order valence-electron chi connectivity index (χ3n) is 3.56. The monoisotopic (exact) mass is 333 g/mol. The lowest BCUT2D eigenvalue weighted by molar-refractivity contribution is 0.169. The van der Waals surface area contributed by atoms with E-state index in [-0.39, 0.29) is 4.83 Å². The van der Waals surface area contributed by atoms with E-state index in [1.165, 1.54) is 5.56 Å². The van der Waals surface area contributed by atoms with E-state index in [0.717, 1.165) is 17.1 Å². The number of benzene rings is 1. The van der Waals surface area contributed by atoms with E-state index in [1.54, 1.807) is 0 Å². The molecule has 0 radical (unpaired) electrons. The third-order valence-corrected chi connectivity index (χ3v) is 4.85. The van der Waals surface area contributed by atoms with Crippen molar-refractivity contribution < 1.29 is 9.47 Å². The lowest BCUT2D eigenvalue weighted by atomic mass is 9.93. The second-order valence-electron chi connectivity index (χ2n) is 4.84. The lowest BCUT2D eigenvalue weighted by Crippen LogP contribution is -2.17. The first-order valence-corrected chi connectivity index (χ1v) is 7.61. The minimum absolute atomic E-state index is 0.168. The maximum absolute atomic E-state index is 5.79. The van der Waals surface area contributed by atoms with Gasteiger partial charge in [0.2, 0.25) is 0 Å². The quantitative estimate of drug-likeness (QED) is 0.792. The number of rotatable bonds is 3. The summed E-state index contributed by atoms with van der Waals surface area (Å²) < 4.78 is 11.4. The molecule has 3 rings (SSSR count). The summed E-state index contributed by atoms with van der Waals surface area (Å²) in [6.45, 7) is 3.41. The van der Waals surface area contributed by atoms with Gasteiger partial charge in [-0.15, -0.1) is 0 Å². The van der Waals surface area contributed by atoms with Crippen molar-refractivity contribution >= 4 is 15.9 Å². The van der Waals surface area contributed by atoms with Crippen molar-refractivity contribution in [2.75, 3.05) is 13.2 Å². The van der Waals surface area contributed by atoms with Crippen LogP contribution in [0.1, 0.15) is 28.8 Å². The largest absolute Gasteiger partial charge is 0.486 e. The molecule has 0 saturated carbocycles. The summed E-state index contributed by atoms with van der Waals surface area (Å²) in [5.74, 6) is 2.01. The van der Waals surface area contributed by atoms with Gasteiger partial charge in [-0.1, -0.05) is 35.0 Å². The van der Waals surface area contributed by atoms with E-state index < -0.39 is 0 Å². The number of fused-ring (bicyclic) bond motifs is 1. The van der Waals surface area contributed by atoms with Gasteiger partial charge in [-0.2, -0.15) is 0 Å². The van der Waals surface area contributed by atoms with Crippen LogP contribution in [0.5, 0.6) is 11.5 Å². The SMILES string of the molecule is CC(c1ccncc1)C(Br)c1cccc2c1OCCO2. The van der Waals surface area contributed by atoms with E-state index in [4.69, 9.17) is 9.47 Å². The van der Waals surface area contributed by atoms with E-state index in [2.05, 4.69) is 33.9 Å². The van der Waals surface area contributed by atoms with Gasteiger partial charge in [0.25, 0.3) is 0 Å². The lowest BCUT2D eigenvalue weighted by Gasteiger charge is -2.25. The van der Waals surface area contributed by atoms with Gasteiger partial charge < -0.3 is 9.47 Å². The summed E-state index contributed by atoms with van der Waals surface area (Å²) in [7, 11) is 0. The smallest absolute Gasteiger partial charge is 0.165 e. The van der Waals surface area contributed by atoms with Gasteiger partial charge in [0.1, 0.15) is 13.2 Å². The fourth-order valence-electron chi connectivity index (χ4n) is 2.42. The highest BCUT2D eigenvalue weighted by atomic mass is 79.9. The number of hydrogen-bond donors (Lipinski definition) is 0. The Morgan fingerprint density at radius 3 is 2.65 bits per heavy atom. The first-order valence-electron chi connectivity index (χ1n) is 6.70. The summed E-state index contributed by atoms with van der Waals surface area (Å²) in [5.41, 5.74) is 2.38. The molecule has 0 amide bonds. The number of alkyl halides is 1. The zero-order valence-corrected chi connectivity index (χ0v) is 12.8. The topological polar surface area (TPSA) is 31.4 Å². The maximum atomic E-state index is 5.79. The molecule has 4 heteroatoms. The normalized spacial score (nSPS) is 16.5. The molecule has 3 nitrogen and oxygen atoms in total. The maximum Gasteiger partial charge on any atom is 0.165 e. The van der Waals surface area contributed by atoms with Crippen LogP contribution < -0.4 is 9.47 Å². The average Bonchev–Trinajstić information content (AvgIpc) is 2.54. The van der Waals surface area contributed by atoms with Crippen molar-refractivity contribution in [1.29, 1.82) is 0 Å². The summed E-state index contributed by atoms with van der Waals surface area (Å²) in [6, 6.07) is 10.1. The highest BCUT2D eigenvalue weighted by Crippen LogP contribution is 2.45. The Morgan fingerprint density at radius 1 is 1.10 bits per heavy atom. The van der Waals surface area contributed by atoms with E-state index >= 15 is 0 Å².